The van der Waals surface area contributed by atoms with E-state index in [0.717, 1.165) is 16.5 Å². The number of carbonyl (C=O) groups excluding carboxylic acids is 1. The van der Waals surface area contributed by atoms with Crippen LogP contribution in [0.4, 0.5) is 0 Å². The zero-order chi connectivity index (χ0) is 18.5. The van der Waals surface area contributed by atoms with Crippen LogP contribution < -0.4 is 0 Å². The Labute approximate surface area is 169 Å². The molecule has 0 aliphatic carbocycles. The van der Waals surface area contributed by atoms with Gasteiger partial charge in [0.05, 0.1) is 11.6 Å². The van der Waals surface area contributed by atoms with E-state index in [1.54, 1.807) is 15.9 Å². The molecule has 1 atom stereocenters. The maximum atomic E-state index is 13.1. The van der Waals surface area contributed by atoms with Crippen molar-refractivity contribution in [2.24, 2.45) is 0 Å². The predicted molar refractivity (Wildman–Crippen MR) is 110 cm³/mol. The number of carbonyl (C=O) groups is 1. The number of nitrogens with zero attached hydrogens (tertiary/aromatic N) is 4. The van der Waals surface area contributed by atoms with Crippen molar-refractivity contribution < 1.29 is 4.79 Å². The Morgan fingerprint density at radius 1 is 1.22 bits per heavy atom. The van der Waals surface area contributed by atoms with Gasteiger partial charge in [-0.1, -0.05) is 0 Å². The molecule has 4 aromatic heterocycles. The first-order chi connectivity index (χ1) is 13.1. The number of pyridine rings is 1. The van der Waals surface area contributed by atoms with Gasteiger partial charge in [0, 0.05) is 46.1 Å². The molecule has 0 N–H and O–H groups in total. The summed E-state index contributed by atoms with van der Waals surface area (Å²) in [5.41, 5.74) is 5.03. The van der Waals surface area contributed by atoms with E-state index in [1.165, 1.54) is 17.0 Å². The van der Waals surface area contributed by atoms with E-state index in [0.29, 0.717) is 12.2 Å². The molecule has 4 aromatic rings. The van der Waals surface area contributed by atoms with Crippen molar-refractivity contribution in [3.8, 4) is 11.3 Å². The molecule has 1 amide bonds. The van der Waals surface area contributed by atoms with Gasteiger partial charge in [-0.2, -0.15) is 16.4 Å². The van der Waals surface area contributed by atoms with Crippen LogP contribution >= 0.6 is 27.3 Å². The van der Waals surface area contributed by atoms with E-state index < -0.39 is 0 Å². The molecule has 1 aliphatic heterocycles. The fraction of sp³-hybridized carbons (Fsp3) is 0.200. The van der Waals surface area contributed by atoms with Crippen LogP contribution in [0.1, 0.15) is 29.1 Å². The average molecular weight is 441 g/mol. The molecule has 7 heteroatoms. The van der Waals surface area contributed by atoms with Gasteiger partial charge < -0.3 is 9.47 Å². The Hall–Kier alpha value is -2.38. The van der Waals surface area contributed by atoms with Gasteiger partial charge in [0.25, 0.3) is 5.91 Å². The van der Waals surface area contributed by atoms with Gasteiger partial charge >= 0.3 is 0 Å². The van der Waals surface area contributed by atoms with Gasteiger partial charge in [0.2, 0.25) is 0 Å². The monoisotopic (exact) mass is 440 g/mol. The van der Waals surface area contributed by atoms with E-state index in [1.807, 2.05) is 29.3 Å². The topological polar surface area (TPSA) is 42.5 Å². The number of aromatic nitrogens is 3. The van der Waals surface area contributed by atoms with E-state index in [2.05, 4.69) is 61.5 Å². The van der Waals surface area contributed by atoms with Gasteiger partial charge in [-0.05, 0) is 64.6 Å². The zero-order valence-corrected chi connectivity index (χ0v) is 17.1. The van der Waals surface area contributed by atoms with Crippen molar-refractivity contribution in [1.29, 1.82) is 0 Å². The summed E-state index contributed by atoms with van der Waals surface area (Å²) in [6.07, 6.45) is 1.87. The molecule has 0 bridgehead atoms. The molecule has 136 valence electrons. The Kier molecular flexibility index (Phi) is 3.94. The highest BCUT2D eigenvalue weighted by molar-refractivity contribution is 9.10. The summed E-state index contributed by atoms with van der Waals surface area (Å²) < 4.78 is 5.00. The smallest absolute Gasteiger partial charge is 0.275 e. The molecule has 0 radical (unpaired) electrons. The van der Waals surface area contributed by atoms with Gasteiger partial charge in [-0.15, -0.1) is 0 Å². The molecule has 1 unspecified atom stereocenters. The van der Waals surface area contributed by atoms with E-state index >= 15 is 0 Å². The summed E-state index contributed by atoms with van der Waals surface area (Å²) in [6, 6.07) is 12.2. The maximum Gasteiger partial charge on any atom is 0.275 e. The maximum absolute atomic E-state index is 13.1. The molecule has 0 saturated heterocycles. The molecule has 1 aliphatic rings. The summed E-state index contributed by atoms with van der Waals surface area (Å²) >= 11 is 5.15. The lowest BCUT2D eigenvalue weighted by Gasteiger charge is -2.35. The lowest BCUT2D eigenvalue weighted by atomic mass is 10.1. The minimum absolute atomic E-state index is 0.00943. The summed E-state index contributed by atoms with van der Waals surface area (Å²) in [5, 5.41) is 8.74. The van der Waals surface area contributed by atoms with Gasteiger partial charge in [0.15, 0.2) is 5.69 Å². The summed E-state index contributed by atoms with van der Waals surface area (Å²) in [7, 11) is 0. The molecule has 5 nitrogen and oxygen atoms in total. The molecule has 0 aromatic carbocycles. The number of rotatable bonds is 2. The quantitative estimate of drug-likeness (QED) is 0.447. The van der Waals surface area contributed by atoms with E-state index in [9.17, 15) is 4.79 Å². The number of thiophene rings is 1. The second-order valence-electron chi connectivity index (χ2n) is 6.73. The second kappa shape index (κ2) is 6.35. The zero-order valence-electron chi connectivity index (χ0n) is 14.7. The lowest BCUT2D eigenvalue weighted by molar-refractivity contribution is 0.0638. The molecule has 5 rings (SSSR count). The van der Waals surface area contributed by atoms with E-state index in [-0.39, 0.29) is 11.9 Å². The fourth-order valence-corrected chi connectivity index (χ4v) is 4.79. The van der Waals surface area contributed by atoms with Crippen LogP contribution in [0.2, 0.25) is 0 Å². The lowest BCUT2D eigenvalue weighted by Crippen LogP contribution is -2.41. The van der Waals surface area contributed by atoms with Crippen molar-refractivity contribution in [1.82, 2.24) is 19.1 Å². The van der Waals surface area contributed by atoms with Crippen LogP contribution in [0, 0.1) is 0 Å². The molecule has 5 heterocycles. The molecular formula is C20H17BrN4OS. The number of hydrogen-bond donors (Lipinski definition) is 0. The van der Waals surface area contributed by atoms with Crippen LogP contribution in [0.25, 0.3) is 16.8 Å². The third-order valence-electron chi connectivity index (χ3n) is 5.19. The minimum Gasteiger partial charge on any atom is -0.341 e. The number of hydrogen-bond acceptors (Lipinski definition) is 3. The second-order valence-corrected chi connectivity index (χ2v) is 8.42. The molecule has 0 fully saturated rings. The van der Waals surface area contributed by atoms with Crippen molar-refractivity contribution in [3.05, 3.63) is 69.2 Å². The van der Waals surface area contributed by atoms with Crippen LogP contribution in [-0.4, -0.2) is 31.5 Å². The standard InChI is InChI=1S/C20H17BrN4OS/c1-13-18-4-5-19(14-6-9-27-12-14)24(18)8-7-23(13)20(26)17-10-16-3-2-15(21)11-25(16)22-17/h2-6,9-13H,7-8H2,1H3. The third kappa shape index (κ3) is 2.73. The molecule has 27 heavy (non-hydrogen) atoms. The predicted octanol–water partition coefficient (Wildman–Crippen LogP) is 4.84. The highest BCUT2D eigenvalue weighted by Gasteiger charge is 2.31. The van der Waals surface area contributed by atoms with E-state index in [4.69, 9.17) is 0 Å². The largest absolute Gasteiger partial charge is 0.341 e. The number of amides is 1. The number of fused-ring (bicyclic) bond motifs is 2. The average Bonchev–Trinajstić information content (AvgIpc) is 3.39. The fourth-order valence-electron chi connectivity index (χ4n) is 3.81. The van der Waals surface area contributed by atoms with Crippen molar-refractivity contribution in [2.45, 2.75) is 19.5 Å². The van der Waals surface area contributed by atoms with Crippen LogP contribution in [0.15, 0.2) is 57.8 Å². The normalized spacial score (nSPS) is 16.7. The van der Waals surface area contributed by atoms with Crippen molar-refractivity contribution >= 4 is 38.7 Å². The summed E-state index contributed by atoms with van der Waals surface area (Å²) in [6.45, 7) is 3.56. The summed E-state index contributed by atoms with van der Waals surface area (Å²) in [5.74, 6) is -0.0214. The van der Waals surface area contributed by atoms with Crippen LogP contribution in [0.3, 0.4) is 0 Å². The summed E-state index contributed by atoms with van der Waals surface area (Å²) in [4.78, 5) is 15.1. The molecule has 0 saturated carbocycles. The minimum atomic E-state index is -0.0214. The first-order valence-electron chi connectivity index (χ1n) is 8.80. The van der Waals surface area contributed by atoms with Crippen molar-refractivity contribution in [2.75, 3.05) is 6.54 Å². The third-order valence-corrected chi connectivity index (χ3v) is 6.35. The Balaban J connectivity index is 1.47. The SMILES string of the molecule is CC1c2ccc(-c3ccsc3)n2CCN1C(=O)c1cc2ccc(Br)cn2n1. The Morgan fingerprint density at radius 3 is 2.93 bits per heavy atom. The van der Waals surface area contributed by atoms with Gasteiger partial charge in [-0.3, -0.25) is 4.79 Å². The van der Waals surface area contributed by atoms with Crippen LogP contribution in [0.5, 0.6) is 0 Å². The molecule has 0 spiro atoms. The number of halogens is 1. The Morgan fingerprint density at radius 2 is 2.11 bits per heavy atom. The first-order valence-corrected chi connectivity index (χ1v) is 10.5. The Bertz CT molecular complexity index is 1140. The highest BCUT2D eigenvalue weighted by Crippen LogP contribution is 2.33. The molecular weight excluding hydrogens is 424 g/mol. The van der Waals surface area contributed by atoms with Gasteiger partial charge in [-0.25, -0.2) is 4.52 Å². The van der Waals surface area contributed by atoms with Crippen molar-refractivity contribution in [3.63, 3.8) is 0 Å². The van der Waals surface area contributed by atoms with Crippen LogP contribution in [-0.2, 0) is 6.54 Å². The van der Waals surface area contributed by atoms with Gasteiger partial charge in [0.1, 0.15) is 0 Å². The highest BCUT2D eigenvalue weighted by atomic mass is 79.9. The first kappa shape index (κ1) is 16.8.